The van der Waals surface area contributed by atoms with Gasteiger partial charge in [-0.2, -0.15) is 0 Å². The Hall–Kier alpha value is -0.520. The van der Waals surface area contributed by atoms with Gasteiger partial charge in [-0.05, 0) is 44.4 Å². The lowest BCUT2D eigenvalue weighted by molar-refractivity contribution is 0.514. The molecule has 1 atom stereocenters. The van der Waals surface area contributed by atoms with Crippen molar-refractivity contribution in [3.8, 4) is 0 Å². The summed E-state index contributed by atoms with van der Waals surface area (Å²) in [6.45, 7) is 7.00. The third-order valence-corrected chi connectivity index (χ3v) is 6.73. The molecule has 0 N–H and O–H groups in total. The van der Waals surface area contributed by atoms with Gasteiger partial charge in [0, 0.05) is 0 Å². The lowest BCUT2D eigenvalue weighted by Crippen LogP contribution is -2.09. The molecule has 164 valence electrons. The average molecular weight is 389 g/mol. The van der Waals surface area contributed by atoms with Crippen LogP contribution in [0.1, 0.15) is 149 Å². The van der Waals surface area contributed by atoms with E-state index in [0.29, 0.717) is 0 Å². The molecule has 0 heteroatoms. The Kier molecular flexibility index (Phi) is 16.9. The van der Waals surface area contributed by atoms with Gasteiger partial charge in [0.25, 0.3) is 0 Å². The van der Waals surface area contributed by atoms with Crippen molar-refractivity contribution in [1.82, 2.24) is 0 Å². The van der Waals surface area contributed by atoms with E-state index in [4.69, 9.17) is 0 Å². The van der Waals surface area contributed by atoms with Gasteiger partial charge in [0.05, 0.1) is 0 Å². The zero-order valence-corrected chi connectivity index (χ0v) is 19.9. The fraction of sp³-hybridized carbons (Fsp3) is 0.857. The van der Waals surface area contributed by atoms with E-state index in [1.165, 1.54) is 128 Å². The third kappa shape index (κ3) is 12.8. The molecule has 0 fully saturated rings. The van der Waals surface area contributed by atoms with Crippen LogP contribution in [0, 0.1) is 5.92 Å². The maximum absolute atomic E-state index is 2.51. The van der Waals surface area contributed by atoms with E-state index in [1.54, 1.807) is 11.1 Å². The van der Waals surface area contributed by atoms with Gasteiger partial charge in [-0.15, -0.1) is 0 Å². The summed E-state index contributed by atoms with van der Waals surface area (Å²) in [4.78, 5) is 0. The summed E-state index contributed by atoms with van der Waals surface area (Å²) in [5.41, 5.74) is 3.49. The van der Waals surface area contributed by atoms with Crippen molar-refractivity contribution in [3.63, 3.8) is 0 Å². The highest BCUT2D eigenvalue weighted by molar-refractivity contribution is 5.26. The topological polar surface area (TPSA) is 0 Å². The summed E-state index contributed by atoms with van der Waals surface area (Å²) in [5, 5.41) is 0. The van der Waals surface area contributed by atoms with Crippen LogP contribution in [0.5, 0.6) is 0 Å². The first kappa shape index (κ1) is 25.5. The van der Waals surface area contributed by atoms with Crippen molar-refractivity contribution >= 4 is 0 Å². The van der Waals surface area contributed by atoms with Crippen molar-refractivity contribution in [3.05, 3.63) is 23.3 Å². The van der Waals surface area contributed by atoms with Crippen LogP contribution < -0.4 is 0 Å². The monoisotopic (exact) mass is 388 g/mol. The fourth-order valence-electron chi connectivity index (χ4n) is 4.70. The van der Waals surface area contributed by atoms with Crippen LogP contribution in [-0.4, -0.2) is 0 Å². The first-order valence-electron chi connectivity index (χ1n) is 13.2. The van der Waals surface area contributed by atoms with Crippen molar-refractivity contribution < 1.29 is 0 Å². The van der Waals surface area contributed by atoms with Crippen molar-refractivity contribution in [2.45, 2.75) is 149 Å². The zero-order chi connectivity index (χ0) is 20.3. The predicted octanol–water partition coefficient (Wildman–Crippen LogP) is 10.3. The van der Waals surface area contributed by atoms with E-state index < -0.39 is 0 Å². The minimum absolute atomic E-state index is 0.846. The van der Waals surface area contributed by atoms with Gasteiger partial charge in [0.2, 0.25) is 0 Å². The molecule has 0 saturated carbocycles. The van der Waals surface area contributed by atoms with E-state index in [9.17, 15) is 0 Å². The molecule has 0 amide bonds. The number of hydrogen-bond donors (Lipinski definition) is 0. The first-order valence-corrected chi connectivity index (χ1v) is 13.2. The van der Waals surface area contributed by atoms with Crippen LogP contribution in [0.2, 0.25) is 0 Å². The molecule has 0 aromatic rings. The van der Waals surface area contributed by atoms with Gasteiger partial charge in [-0.25, -0.2) is 0 Å². The summed E-state index contributed by atoms with van der Waals surface area (Å²) >= 11 is 0. The van der Waals surface area contributed by atoms with Crippen LogP contribution in [0.25, 0.3) is 0 Å². The highest BCUT2D eigenvalue weighted by Crippen LogP contribution is 2.33. The second-order valence-electron chi connectivity index (χ2n) is 9.33. The quantitative estimate of drug-likeness (QED) is 0.193. The zero-order valence-electron chi connectivity index (χ0n) is 19.9. The van der Waals surface area contributed by atoms with E-state index in [2.05, 4.69) is 32.9 Å². The molecule has 28 heavy (non-hydrogen) atoms. The molecule has 1 aliphatic carbocycles. The fourth-order valence-corrected chi connectivity index (χ4v) is 4.70. The maximum Gasteiger partial charge on any atom is -0.0165 e. The molecular formula is C28H52. The second kappa shape index (κ2) is 18.5. The van der Waals surface area contributed by atoms with Crippen LogP contribution in [0.15, 0.2) is 23.3 Å². The highest BCUT2D eigenvalue weighted by atomic mass is 14.2. The Balaban J connectivity index is 2.13. The molecule has 1 aliphatic rings. The number of rotatable bonds is 19. The molecular weight excluding hydrogens is 336 g/mol. The SMILES string of the molecule is CCCCCCCCCCC1=CC=C(CCCCCCCCCC)C(CC)C1. The Bertz CT molecular complexity index is 400. The van der Waals surface area contributed by atoms with Gasteiger partial charge in [0.1, 0.15) is 0 Å². The molecule has 0 aromatic carbocycles. The summed E-state index contributed by atoms with van der Waals surface area (Å²) in [5.74, 6) is 0.846. The largest absolute Gasteiger partial charge is 0.0696 e. The van der Waals surface area contributed by atoms with Gasteiger partial charge in [0.15, 0.2) is 0 Å². The van der Waals surface area contributed by atoms with Gasteiger partial charge >= 0.3 is 0 Å². The van der Waals surface area contributed by atoms with E-state index in [-0.39, 0.29) is 0 Å². The molecule has 0 spiro atoms. The number of allylic oxidation sites excluding steroid dienone is 4. The molecule has 0 heterocycles. The standard InChI is InChI=1S/C28H52/c1-4-7-9-11-13-15-17-19-21-26-23-24-28(27(6-3)25-26)22-20-18-16-14-12-10-8-5-2/h23-24,27H,4-22,25H2,1-3H3. The van der Waals surface area contributed by atoms with Crippen molar-refractivity contribution in [2.75, 3.05) is 0 Å². The second-order valence-corrected chi connectivity index (χ2v) is 9.33. The maximum atomic E-state index is 2.51. The summed E-state index contributed by atoms with van der Waals surface area (Å²) in [7, 11) is 0. The number of hydrogen-bond acceptors (Lipinski definition) is 0. The Morgan fingerprint density at radius 3 is 1.54 bits per heavy atom. The first-order chi connectivity index (χ1) is 13.8. The minimum Gasteiger partial charge on any atom is -0.0696 e. The van der Waals surface area contributed by atoms with Gasteiger partial charge in [-0.3, -0.25) is 0 Å². The molecule has 0 aromatic heterocycles. The minimum atomic E-state index is 0.846. The summed E-state index contributed by atoms with van der Waals surface area (Å²) in [6, 6.07) is 0. The van der Waals surface area contributed by atoms with Gasteiger partial charge in [-0.1, -0.05) is 134 Å². The molecule has 0 bridgehead atoms. The van der Waals surface area contributed by atoms with Crippen molar-refractivity contribution in [1.29, 1.82) is 0 Å². The Morgan fingerprint density at radius 2 is 1.04 bits per heavy atom. The Labute approximate surface area is 178 Å². The van der Waals surface area contributed by atoms with E-state index in [1.807, 2.05) is 0 Å². The summed E-state index contributed by atoms with van der Waals surface area (Å²) in [6.07, 6.45) is 33.3. The molecule has 0 saturated heterocycles. The van der Waals surface area contributed by atoms with E-state index >= 15 is 0 Å². The smallest absolute Gasteiger partial charge is 0.0165 e. The Morgan fingerprint density at radius 1 is 0.571 bits per heavy atom. The van der Waals surface area contributed by atoms with Crippen LogP contribution in [0.3, 0.4) is 0 Å². The predicted molar refractivity (Wildman–Crippen MR) is 129 cm³/mol. The lowest BCUT2D eigenvalue weighted by atomic mass is 9.81. The van der Waals surface area contributed by atoms with Crippen LogP contribution in [-0.2, 0) is 0 Å². The molecule has 1 unspecified atom stereocenters. The summed E-state index contributed by atoms with van der Waals surface area (Å²) < 4.78 is 0. The molecule has 1 rings (SSSR count). The van der Waals surface area contributed by atoms with Crippen LogP contribution >= 0.6 is 0 Å². The average Bonchev–Trinajstić information content (AvgIpc) is 2.72. The normalized spacial score (nSPS) is 16.9. The van der Waals surface area contributed by atoms with E-state index in [0.717, 1.165) is 5.92 Å². The number of unbranched alkanes of at least 4 members (excludes halogenated alkanes) is 14. The van der Waals surface area contributed by atoms with Crippen molar-refractivity contribution in [2.24, 2.45) is 5.92 Å². The lowest BCUT2D eigenvalue weighted by Gasteiger charge is -2.24. The third-order valence-electron chi connectivity index (χ3n) is 6.73. The molecule has 0 aliphatic heterocycles. The van der Waals surface area contributed by atoms with Crippen LogP contribution in [0.4, 0.5) is 0 Å². The van der Waals surface area contributed by atoms with Gasteiger partial charge < -0.3 is 0 Å². The molecule has 0 radical (unpaired) electrons. The highest BCUT2D eigenvalue weighted by Gasteiger charge is 2.17. The molecule has 0 nitrogen and oxygen atoms in total.